The van der Waals surface area contributed by atoms with Gasteiger partial charge in [0, 0.05) is 19.5 Å². The number of nitrogens with zero attached hydrogens (tertiary/aromatic N) is 2. The lowest BCUT2D eigenvalue weighted by Gasteiger charge is -2.19. The maximum absolute atomic E-state index is 12.2. The van der Waals surface area contributed by atoms with Crippen LogP contribution in [0.2, 0.25) is 5.02 Å². The minimum atomic E-state index is -0.385. The summed E-state index contributed by atoms with van der Waals surface area (Å²) in [5, 5.41) is 3.60. The van der Waals surface area contributed by atoms with Gasteiger partial charge in [-0.15, -0.1) is 0 Å². The van der Waals surface area contributed by atoms with E-state index in [2.05, 4.69) is 10.3 Å². The first-order valence-electron chi connectivity index (χ1n) is 6.72. The van der Waals surface area contributed by atoms with E-state index in [1.807, 2.05) is 0 Å². The van der Waals surface area contributed by atoms with E-state index < -0.39 is 0 Å². The quantitative estimate of drug-likeness (QED) is 0.929. The first-order valence-corrected chi connectivity index (χ1v) is 7.98. The van der Waals surface area contributed by atoms with E-state index in [1.165, 1.54) is 11.8 Å². The number of amidine groups is 1. The van der Waals surface area contributed by atoms with Gasteiger partial charge in [-0.3, -0.25) is 19.5 Å². The molecule has 1 aromatic rings. The number of carbonyl (C=O) groups excluding carboxylic acids is 2. The average molecular weight is 324 g/mol. The van der Waals surface area contributed by atoms with Crippen LogP contribution in [0.1, 0.15) is 12.8 Å². The Labute approximate surface area is 131 Å². The Kier molecular flexibility index (Phi) is 4.17. The summed E-state index contributed by atoms with van der Waals surface area (Å²) in [6, 6.07) is 7.04. The number of carbonyl (C=O) groups is 2. The zero-order valence-corrected chi connectivity index (χ0v) is 12.8. The van der Waals surface area contributed by atoms with Crippen molar-refractivity contribution in [2.24, 2.45) is 4.99 Å². The number of fused-ring (bicyclic) bond motifs is 1. The molecule has 1 saturated heterocycles. The number of rotatable bonds is 3. The van der Waals surface area contributed by atoms with Gasteiger partial charge in [0.05, 0.1) is 10.7 Å². The molecular weight excluding hydrogens is 310 g/mol. The highest BCUT2D eigenvalue weighted by Gasteiger charge is 2.39. The summed E-state index contributed by atoms with van der Waals surface area (Å²) in [4.78, 5) is 30.3. The Hall–Kier alpha value is -1.53. The van der Waals surface area contributed by atoms with E-state index in [4.69, 9.17) is 11.6 Å². The normalized spacial score (nSPS) is 21.0. The number of benzene rings is 1. The molecule has 0 bridgehead atoms. The van der Waals surface area contributed by atoms with Crippen LogP contribution in [0.5, 0.6) is 0 Å². The van der Waals surface area contributed by atoms with Crippen LogP contribution in [-0.4, -0.2) is 40.2 Å². The highest BCUT2D eigenvalue weighted by atomic mass is 35.5. The number of anilines is 1. The zero-order valence-electron chi connectivity index (χ0n) is 11.2. The molecule has 3 rings (SSSR count). The highest BCUT2D eigenvalue weighted by Crippen LogP contribution is 2.31. The van der Waals surface area contributed by atoms with Gasteiger partial charge in [0.2, 0.25) is 11.8 Å². The lowest BCUT2D eigenvalue weighted by atomic mass is 10.2. The van der Waals surface area contributed by atoms with E-state index in [0.717, 1.165) is 18.1 Å². The molecule has 110 valence electrons. The monoisotopic (exact) mass is 323 g/mol. The smallest absolute Gasteiger partial charge is 0.242 e. The van der Waals surface area contributed by atoms with Crippen LogP contribution in [0, 0.1) is 0 Å². The number of thioether (sulfide) groups is 1. The molecule has 1 N–H and O–H groups in total. The molecule has 0 saturated carbocycles. The van der Waals surface area contributed by atoms with Gasteiger partial charge < -0.3 is 5.32 Å². The maximum atomic E-state index is 12.2. The van der Waals surface area contributed by atoms with Crippen molar-refractivity contribution in [3.05, 3.63) is 29.3 Å². The van der Waals surface area contributed by atoms with Gasteiger partial charge in [-0.2, -0.15) is 0 Å². The van der Waals surface area contributed by atoms with Gasteiger partial charge in [-0.05, 0) is 18.6 Å². The van der Waals surface area contributed by atoms with E-state index in [-0.39, 0.29) is 23.5 Å². The third kappa shape index (κ3) is 3.06. The molecule has 2 heterocycles. The standard InChI is InChI=1S/C14H14ClN3O2S/c15-9-4-1-2-5-10(9)17-12(19)8-11-13(20)18-7-3-6-16-14(18)21-11/h1-2,4-5,11H,3,6-8H2,(H,17,19). The van der Waals surface area contributed by atoms with Crippen LogP contribution >= 0.6 is 23.4 Å². The molecule has 1 unspecified atom stereocenters. The van der Waals surface area contributed by atoms with Gasteiger partial charge in [-0.1, -0.05) is 35.5 Å². The minimum Gasteiger partial charge on any atom is -0.325 e. The van der Waals surface area contributed by atoms with Crippen molar-refractivity contribution in [1.82, 2.24) is 4.90 Å². The van der Waals surface area contributed by atoms with Crippen molar-refractivity contribution in [3.8, 4) is 0 Å². The first kappa shape index (κ1) is 14.4. The predicted octanol–water partition coefficient (Wildman–Crippen LogP) is 2.37. The molecule has 1 fully saturated rings. The summed E-state index contributed by atoms with van der Waals surface area (Å²) < 4.78 is 0. The van der Waals surface area contributed by atoms with E-state index >= 15 is 0 Å². The zero-order chi connectivity index (χ0) is 14.8. The molecule has 2 amide bonds. The molecule has 0 radical (unpaired) electrons. The first-order chi connectivity index (χ1) is 10.1. The second kappa shape index (κ2) is 6.07. The van der Waals surface area contributed by atoms with Crippen LogP contribution in [0.15, 0.2) is 29.3 Å². The molecule has 0 spiro atoms. The van der Waals surface area contributed by atoms with Crippen LogP contribution in [0.25, 0.3) is 0 Å². The van der Waals surface area contributed by atoms with Crippen LogP contribution in [0.4, 0.5) is 5.69 Å². The number of halogens is 1. The third-order valence-electron chi connectivity index (χ3n) is 3.33. The summed E-state index contributed by atoms with van der Waals surface area (Å²) in [5.41, 5.74) is 0.565. The number of para-hydroxylation sites is 1. The van der Waals surface area contributed by atoms with Crippen LogP contribution in [0.3, 0.4) is 0 Å². The van der Waals surface area contributed by atoms with Gasteiger partial charge in [-0.25, -0.2) is 0 Å². The Morgan fingerprint density at radius 3 is 3.05 bits per heavy atom. The number of hydrogen-bond donors (Lipinski definition) is 1. The van der Waals surface area contributed by atoms with E-state index in [0.29, 0.717) is 17.3 Å². The lowest BCUT2D eigenvalue weighted by molar-refractivity contribution is -0.128. The number of aliphatic imine (C=N–C) groups is 1. The van der Waals surface area contributed by atoms with E-state index in [1.54, 1.807) is 29.2 Å². The lowest BCUT2D eigenvalue weighted by Crippen LogP contribution is -2.36. The van der Waals surface area contributed by atoms with Crippen molar-refractivity contribution < 1.29 is 9.59 Å². The Bertz CT molecular complexity index is 620. The molecule has 5 nitrogen and oxygen atoms in total. The molecule has 1 atom stereocenters. The minimum absolute atomic E-state index is 0.0206. The molecule has 7 heteroatoms. The molecule has 21 heavy (non-hydrogen) atoms. The van der Waals surface area contributed by atoms with Crippen molar-refractivity contribution in [3.63, 3.8) is 0 Å². The second-order valence-corrected chi connectivity index (χ2v) is 6.42. The summed E-state index contributed by atoms with van der Waals surface area (Å²) in [7, 11) is 0. The Morgan fingerprint density at radius 1 is 1.48 bits per heavy atom. The van der Waals surface area contributed by atoms with Crippen molar-refractivity contribution in [1.29, 1.82) is 0 Å². The van der Waals surface area contributed by atoms with Gasteiger partial charge in [0.15, 0.2) is 5.17 Å². The molecule has 0 aliphatic carbocycles. The number of amides is 2. The van der Waals surface area contributed by atoms with Crippen molar-refractivity contribution >= 4 is 46.0 Å². The molecule has 2 aliphatic heterocycles. The third-order valence-corrected chi connectivity index (χ3v) is 4.87. The number of hydrogen-bond acceptors (Lipinski definition) is 4. The molecule has 0 aromatic heterocycles. The fraction of sp³-hybridized carbons (Fsp3) is 0.357. The molecule has 2 aliphatic rings. The van der Waals surface area contributed by atoms with Crippen molar-refractivity contribution in [2.45, 2.75) is 18.1 Å². The molecular formula is C14H14ClN3O2S. The van der Waals surface area contributed by atoms with Gasteiger partial charge in [0.25, 0.3) is 0 Å². The second-order valence-electron chi connectivity index (χ2n) is 4.85. The van der Waals surface area contributed by atoms with Gasteiger partial charge >= 0.3 is 0 Å². The summed E-state index contributed by atoms with van der Waals surface area (Å²) in [5.74, 6) is -0.234. The Morgan fingerprint density at radius 2 is 2.29 bits per heavy atom. The van der Waals surface area contributed by atoms with Crippen LogP contribution < -0.4 is 5.32 Å². The maximum Gasteiger partial charge on any atom is 0.242 e. The number of nitrogens with one attached hydrogen (secondary N) is 1. The highest BCUT2D eigenvalue weighted by molar-refractivity contribution is 8.15. The van der Waals surface area contributed by atoms with Crippen molar-refractivity contribution in [2.75, 3.05) is 18.4 Å². The molecule has 1 aromatic carbocycles. The van der Waals surface area contributed by atoms with Gasteiger partial charge in [0.1, 0.15) is 5.25 Å². The Balaban J connectivity index is 1.63. The fourth-order valence-electron chi connectivity index (χ4n) is 2.30. The summed E-state index contributed by atoms with van der Waals surface area (Å²) >= 11 is 7.38. The predicted molar refractivity (Wildman–Crippen MR) is 84.7 cm³/mol. The summed E-state index contributed by atoms with van der Waals surface area (Å²) in [6.07, 6.45) is 1.01. The van der Waals surface area contributed by atoms with E-state index in [9.17, 15) is 9.59 Å². The summed E-state index contributed by atoms with van der Waals surface area (Å²) in [6.45, 7) is 1.46. The largest absolute Gasteiger partial charge is 0.325 e. The SMILES string of the molecule is O=C(CC1SC2=NCCCN2C1=O)Nc1ccccc1Cl. The fourth-order valence-corrected chi connectivity index (χ4v) is 3.68. The topological polar surface area (TPSA) is 61.8 Å². The average Bonchev–Trinajstić information content (AvgIpc) is 2.78. The van der Waals surface area contributed by atoms with Crippen LogP contribution in [-0.2, 0) is 9.59 Å².